The molecule has 0 aliphatic carbocycles. The summed E-state index contributed by atoms with van der Waals surface area (Å²) in [5, 5.41) is 7.14. The van der Waals surface area contributed by atoms with Crippen molar-refractivity contribution in [2.24, 2.45) is 0 Å². The van der Waals surface area contributed by atoms with Crippen molar-refractivity contribution < 1.29 is 13.7 Å². The first kappa shape index (κ1) is 17.8. The van der Waals surface area contributed by atoms with E-state index >= 15 is 0 Å². The number of carbonyl (C=O) groups excluding carboxylic acids is 1. The van der Waals surface area contributed by atoms with Gasteiger partial charge in [0.05, 0.1) is 10.6 Å². The maximum Gasteiger partial charge on any atom is 0.274 e. The van der Waals surface area contributed by atoms with Gasteiger partial charge >= 0.3 is 0 Å². The smallest absolute Gasteiger partial charge is 0.274 e. The summed E-state index contributed by atoms with van der Waals surface area (Å²) in [5.41, 5.74) is 1.86. The SMILES string of the molecule is O=C(Nc1ccc(-c2noc(-c3ccccc3Cl)n2)cc1)c1cccc(F)n1. The van der Waals surface area contributed by atoms with Gasteiger partial charge in [0.25, 0.3) is 11.8 Å². The maximum atomic E-state index is 13.1. The van der Waals surface area contributed by atoms with Crippen LogP contribution in [0.25, 0.3) is 22.8 Å². The zero-order chi connectivity index (χ0) is 19.5. The number of benzene rings is 2. The van der Waals surface area contributed by atoms with Crippen LogP contribution in [0.3, 0.4) is 0 Å². The van der Waals surface area contributed by atoms with Crippen molar-refractivity contribution in [3.05, 3.63) is 83.4 Å². The van der Waals surface area contributed by atoms with Crippen molar-refractivity contribution in [2.75, 3.05) is 5.32 Å². The second kappa shape index (κ2) is 7.58. The Labute approximate surface area is 164 Å². The predicted molar refractivity (Wildman–Crippen MR) is 102 cm³/mol. The number of carbonyl (C=O) groups is 1. The van der Waals surface area contributed by atoms with Crippen molar-refractivity contribution >= 4 is 23.2 Å². The van der Waals surface area contributed by atoms with E-state index in [0.29, 0.717) is 33.6 Å². The molecular formula is C20H12ClFN4O2. The summed E-state index contributed by atoms with van der Waals surface area (Å²) in [5.74, 6) is -0.517. The molecule has 0 aliphatic heterocycles. The van der Waals surface area contributed by atoms with E-state index in [2.05, 4.69) is 20.4 Å². The van der Waals surface area contributed by atoms with Gasteiger partial charge in [-0.3, -0.25) is 4.79 Å². The normalized spacial score (nSPS) is 10.6. The molecule has 2 aromatic carbocycles. The number of hydrogen-bond donors (Lipinski definition) is 1. The highest BCUT2D eigenvalue weighted by Gasteiger charge is 2.13. The van der Waals surface area contributed by atoms with Gasteiger partial charge in [0.2, 0.25) is 11.8 Å². The average Bonchev–Trinajstić information content (AvgIpc) is 3.19. The molecule has 0 atom stereocenters. The van der Waals surface area contributed by atoms with E-state index in [4.69, 9.17) is 16.1 Å². The van der Waals surface area contributed by atoms with Crippen LogP contribution in [0.1, 0.15) is 10.5 Å². The number of halogens is 2. The molecular weight excluding hydrogens is 383 g/mol. The Morgan fingerprint density at radius 3 is 2.50 bits per heavy atom. The van der Waals surface area contributed by atoms with Crippen LogP contribution in [0.15, 0.2) is 71.3 Å². The zero-order valence-corrected chi connectivity index (χ0v) is 15.0. The summed E-state index contributed by atoms with van der Waals surface area (Å²) in [7, 11) is 0. The number of pyridine rings is 1. The molecule has 1 amide bonds. The van der Waals surface area contributed by atoms with Crippen LogP contribution in [-0.4, -0.2) is 21.0 Å². The Morgan fingerprint density at radius 1 is 0.964 bits per heavy atom. The summed E-state index contributed by atoms with van der Waals surface area (Å²) in [6, 6.07) is 18.0. The maximum absolute atomic E-state index is 13.1. The van der Waals surface area contributed by atoms with E-state index < -0.39 is 11.9 Å². The molecule has 28 heavy (non-hydrogen) atoms. The van der Waals surface area contributed by atoms with Crippen LogP contribution in [-0.2, 0) is 0 Å². The fourth-order valence-electron chi connectivity index (χ4n) is 2.52. The number of hydrogen-bond acceptors (Lipinski definition) is 5. The van der Waals surface area contributed by atoms with Gasteiger partial charge in [0.1, 0.15) is 5.69 Å². The number of anilines is 1. The summed E-state index contributed by atoms with van der Waals surface area (Å²) in [4.78, 5) is 20.0. The van der Waals surface area contributed by atoms with Crippen LogP contribution in [0.2, 0.25) is 5.02 Å². The Kier molecular flexibility index (Phi) is 4.82. The summed E-state index contributed by atoms with van der Waals surface area (Å²) < 4.78 is 18.4. The minimum atomic E-state index is -0.713. The lowest BCUT2D eigenvalue weighted by molar-refractivity contribution is 0.102. The molecule has 2 heterocycles. The molecule has 4 rings (SSSR count). The van der Waals surface area contributed by atoms with E-state index in [-0.39, 0.29) is 5.69 Å². The van der Waals surface area contributed by atoms with Crippen molar-refractivity contribution in [3.63, 3.8) is 0 Å². The molecule has 138 valence electrons. The van der Waals surface area contributed by atoms with Crippen LogP contribution in [0, 0.1) is 5.95 Å². The van der Waals surface area contributed by atoms with Crippen molar-refractivity contribution in [1.82, 2.24) is 15.1 Å². The van der Waals surface area contributed by atoms with E-state index in [1.54, 1.807) is 36.4 Å². The first-order valence-corrected chi connectivity index (χ1v) is 8.61. The number of aromatic nitrogens is 3. The van der Waals surface area contributed by atoms with Gasteiger partial charge in [0, 0.05) is 11.3 Å². The Bertz CT molecular complexity index is 1140. The van der Waals surface area contributed by atoms with Crippen molar-refractivity contribution in [2.45, 2.75) is 0 Å². The van der Waals surface area contributed by atoms with E-state index in [0.717, 1.165) is 0 Å². The first-order chi connectivity index (χ1) is 13.6. The van der Waals surface area contributed by atoms with Gasteiger partial charge < -0.3 is 9.84 Å². The average molecular weight is 395 g/mol. The topological polar surface area (TPSA) is 80.9 Å². The third-order valence-corrected chi connectivity index (χ3v) is 4.21. The van der Waals surface area contributed by atoms with Gasteiger partial charge in [-0.25, -0.2) is 4.98 Å². The van der Waals surface area contributed by atoms with Crippen LogP contribution in [0.4, 0.5) is 10.1 Å². The molecule has 2 aromatic heterocycles. The molecule has 1 N–H and O–H groups in total. The number of nitrogens with zero attached hydrogens (tertiary/aromatic N) is 3. The summed E-state index contributed by atoms with van der Waals surface area (Å²) in [6.45, 7) is 0. The molecule has 0 bridgehead atoms. The molecule has 8 heteroatoms. The van der Waals surface area contributed by atoms with Crippen LogP contribution < -0.4 is 5.32 Å². The molecule has 6 nitrogen and oxygen atoms in total. The Morgan fingerprint density at radius 2 is 1.75 bits per heavy atom. The molecule has 4 aromatic rings. The van der Waals surface area contributed by atoms with E-state index in [1.165, 1.54) is 18.2 Å². The number of amides is 1. The Hall–Kier alpha value is -3.58. The van der Waals surface area contributed by atoms with E-state index in [1.807, 2.05) is 12.1 Å². The quantitative estimate of drug-likeness (QED) is 0.501. The fraction of sp³-hybridized carbons (Fsp3) is 0. The van der Waals surface area contributed by atoms with Crippen LogP contribution in [0.5, 0.6) is 0 Å². The number of nitrogens with one attached hydrogen (secondary N) is 1. The second-order valence-electron chi connectivity index (χ2n) is 5.78. The third-order valence-electron chi connectivity index (χ3n) is 3.88. The van der Waals surface area contributed by atoms with Gasteiger partial charge in [-0.2, -0.15) is 9.37 Å². The highest BCUT2D eigenvalue weighted by molar-refractivity contribution is 6.33. The summed E-state index contributed by atoms with van der Waals surface area (Å²) >= 11 is 6.15. The first-order valence-electron chi connectivity index (χ1n) is 8.23. The molecule has 0 saturated carbocycles. The van der Waals surface area contributed by atoms with Gasteiger partial charge in [-0.15, -0.1) is 0 Å². The van der Waals surface area contributed by atoms with Crippen LogP contribution >= 0.6 is 11.6 Å². The summed E-state index contributed by atoms with van der Waals surface area (Å²) in [6.07, 6.45) is 0. The highest BCUT2D eigenvalue weighted by Crippen LogP contribution is 2.28. The van der Waals surface area contributed by atoms with Gasteiger partial charge in [-0.05, 0) is 48.5 Å². The minimum Gasteiger partial charge on any atom is -0.334 e. The lowest BCUT2D eigenvalue weighted by Crippen LogP contribution is -2.14. The molecule has 0 saturated heterocycles. The second-order valence-corrected chi connectivity index (χ2v) is 6.19. The van der Waals surface area contributed by atoms with Crippen molar-refractivity contribution in [3.8, 4) is 22.8 Å². The van der Waals surface area contributed by atoms with Crippen molar-refractivity contribution in [1.29, 1.82) is 0 Å². The largest absolute Gasteiger partial charge is 0.334 e. The highest BCUT2D eigenvalue weighted by atomic mass is 35.5. The standard InChI is InChI=1S/C20H12ClFN4O2/c21-15-5-2-1-4-14(15)20-25-18(26-28-20)12-8-10-13(11-9-12)23-19(27)16-6-3-7-17(22)24-16/h1-11H,(H,23,27). The lowest BCUT2D eigenvalue weighted by Gasteiger charge is -2.05. The van der Waals surface area contributed by atoms with E-state index in [9.17, 15) is 9.18 Å². The minimum absolute atomic E-state index is 0.00775. The van der Waals surface area contributed by atoms with Gasteiger partial charge in [0.15, 0.2) is 0 Å². The molecule has 0 fully saturated rings. The number of rotatable bonds is 4. The Balaban J connectivity index is 1.51. The lowest BCUT2D eigenvalue weighted by atomic mass is 10.2. The predicted octanol–water partition coefficient (Wildman–Crippen LogP) is 4.84. The molecule has 0 aliphatic rings. The molecule has 0 spiro atoms. The monoisotopic (exact) mass is 394 g/mol. The molecule has 0 unspecified atom stereocenters. The fourth-order valence-corrected chi connectivity index (χ4v) is 2.73. The molecule has 0 radical (unpaired) electrons. The zero-order valence-electron chi connectivity index (χ0n) is 14.3. The third kappa shape index (κ3) is 3.74. The van der Waals surface area contributed by atoms with Gasteiger partial charge in [-0.1, -0.05) is 35.0 Å².